The van der Waals surface area contributed by atoms with Gasteiger partial charge in [0.15, 0.2) is 0 Å². The van der Waals surface area contributed by atoms with Crippen LogP contribution in [0.5, 0.6) is 0 Å². The van der Waals surface area contributed by atoms with E-state index in [1.807, 2.05) is 30.3 Å². The molecule has 0 atom stereocenters. The Hall–Kier alpha value is -4.11. The number of benzene rings is 4. The standard InChI is InChI=1S/C27H19N3/c28-23-13-4-2-9-19(23)21-11-7-12-22-20-10-3-6-15-25(20)30(27(21)22)26-17-16-18-8-1-5-14-24(18)29-26/h1-17H,28H2. The number of nitrogen functional groups attached to an aromatic ring is 1. The number of hydrogen-bond acceptors (Lipinski definition) is 2. The van der Waals surface area contributed by atoms with Crippen molar-refractivity contribution in [3.05, 3.63) is 103 Å². The summed E-state index contributed by atoms with van der Waals surface area (Å²) in [5.41, 5.74) is 12.5. The maximum Gasteiger partial charge on any atom is 0.138 e. The molecule has 0 unspecified atom stereocenters. The first-order valence-corrected chi connectivity index (χ1v) is 10.0. The molecule has 0 amide bonds. The summed E-state index contributed by atoms with van der Waals surface area (Å²) < 4.78 is 2.26. The van der Waals surface area contributed by atoms with Crippen LogP contribution in [-0.4, -0.2) is 9.55 Å². The summed E-state index contributed by atoms with van der Waals surface area (Å²) in [4.78, 5) is 5.01. The van der Waals surface area contributed by atoms with Crippen molar-refractivity contribution < 1.29 is 0 Å². The van der Waals surface area contributed by atoms with E-state index in [9.17, 15) is 0 Å². The predicted molar refractivity (Wildman–Crippen MR) is 126 cm³/mol. The molecule has 6 rings (SSSR count). The van der Waals surface area contributed by atoms with Crippen LogP contribution in [0.15, 0.2) is 103 Å². The zero-order valence-corrected chi connectivity index (χ0v) is 16.3. The Labute approximate surface area is 174 Å². The maximum atomic E-state index is 6.38. The molecule has 0 aliphatic heterocycles. The van der Waals surface area contributed by atoms with Gasteiger partial charge in [-0.2, -0.15) is 0 Å². The molecule has 0 bridgehead atoms. The summed E-state index contributed by atoms with van der Waals surface area (Å²) in [5, 5.41) is 3.54. The smallest absolute Gasteiger partial charge is 0.138 e. The fourth-order valence-corrected chi connectivity index (χ4v) is 4.40. The molecule has 30 heavy (non-hydrogen) atoms. The van der Waals surface area contributed by atoms with Crippen molar-refractivity contribution in [2.45, 2.75) is 0 Å². The van der Waals surface area contributed by atoms with Gasteiger partial charge in [0.2, 0.25) is 0 Å². The van der Waals surface area contributed by atoms with Gasteiger partial charge in [-0.1, -0.05) is 72.8 Å². The second kappa shape index (κ2) is 6.46. The third-order valence-corrected chi connectivity index (χ3v) is 5.76. The first-order chi connectivity index (χ1) is 14.8. The van der Waals surface area contributed by atoms with Crippen LogP contribution < -0.4 is 5.73 Å². The highest BCUT2D eigenvalue weighted by Crippen LogP contribution is 2.39. The fourth-order valence-electron chi connectivity index (χ4n) is 4.40. The van der Waals surface area contributed by atoms with Crippen molar-refractivity contribution in [2.75, 3.05) is 5.73 Å². The Bertz CT molecular complexity index is 1560. The van der Waals surface area contributed by atoms with Gasteiger partial charge in [0.05, 0.1) is 16.6 Å². The van der Waals surface area contributed by atoms with Gasteiger partial charge in [0.1, 0.15) is 5.82 Å². The van der Waals surface area contributed by atoms with Crippen molar-refractivity contribution >= 4 is 38.4 Å². The Kier molecular flexibility index (Phi) is 3.62. The molecule has 2 heterocycles. The third-order valence-electron chi connectivity index (χ3n) is 5.76. The van der Waals surface area contributed by atoms with E-state index in [4.69, 9.17) is 10.7 Å². The quantitative estimate of drug-likeness (QED) is 0.342. The second-order valence-corrected chi connectivity index (χ2v) is 7.50. The highest BCUT2D eigenvalue weighted by atomic mass is 15.1. The van der Waals surface area contributed by atoms with E-state index in [2.05, 4.69) is 77.4 Å². The molecule has 0 aliphatic rings. The zero-order chi connectivity index (χ0) is 20.1. The number of fused-ring (bicyclic) bond motifs is 4. The minimum atomic E-state index is 0.772. The number of pyridine rings is 1. The Morgan fingerprint density at radius 3 is 2.27 bits per heavy atom. The summed E-state index contributed by atoms with van der Waals surface area (Å²) in [6, 6.07) is 35.4. The average Bonchev–Trinajstić information content (AvgIpc) is 3.14. The van der Waals surface area contributed by atoms with Gasteiger partial charge in [-0.05, 0) is 30.3 Å². The van der Waals surface area contributed by atoms with Gasteiger partial charge in [-0.3, -0.25) is 4.57 Å². The first kappa shape index (κ1) is 16.8. The highest BCUT2D eigenvalue weighted by Gasteiger charge is 2.17. The number of nitrogens with zero attached hydrogens (tertiary/aromatic N) is 2. The summed E-state index contributed by atoms with van der Waals surface area (Å²) in [5.74, 6) is 0.904. The van der Waals surface area contributed by atoms with Gasteiger partial charge in [-0.15, -0.1) is 0 Å². The molecule has 3 nitrogen and oxygen atoms in total. The number of hydrogen-bond donors (Lipinski definition) is 1. The van der Waals surface area contributed by atoms with Crippen LogP contribution in [0.3, 0.4) is 0 Å². The number of para-hydroxylation sites is 4. The summed E-state index contributed by atoms with van der Waals surface area (Å²) >= 11 is 0. The molecule has 0 saturated carbocycles. The number of anilines is 1. The monoisotopic (exact) mass is 385 g/mol. The van der Waals surface area contributed by atoms with Gasteiger partial charge < -0.3 is 5.73 Å². The predicted octanol–water partition coefficient (Wildman–Crippen LogP) is 6.58. The summed E-state index contributed by atoms with van der Waals surface area (Å²) in [6.45, 7) is 0. The molecule has 0 radical (unpaired) electrons. The van der Waals surface area contributed by atoms with E-state index in [-0.39, 0.29) is 0 Å². The summed E-state index contributed by atoms with van der Waals surface area (Å²) in [7, 11) is 0. The lowest BCUT2D eigenvalue weighted by atomic mass is 10.0. The lowest BCUT2D eigenvalue weighted by molar-refractivity contribution is 1.10. The normalized spacial score (nSPS) is 11.5. The molecule has 6 aromatic rings. The van der Waals surface area contributed by atoms with Crippen molar-refractivity contribution in [1.82, 2.24) is 9.55 Å². The lowest BCUT2D eigenvalue weighted by Crippen LogP contribution is -1.99. The zero-order valence-electron chi connectivity index (χ0n) is 16.3. The molecule has 142 valence electrons. The van der Waals surface area contributed by atoms with Crippen molar-refractivity contribution in [1.29, 1.82) is 0 Å². The van der Waals surface area contributed by atoms with E-state index >= 15 is 0 Å². The van der Waals surface area contributed by atoms with E-state index in [1.165, 1.54) is 10.8 Å². The van der Waals surface area contributed by atoms with Gasteiger partial charge in [0, 0.05) is 33.0 Å². The van der Waals surface area contributed by atoms with Crippen molar-refractivity contribution in [3.8, 4) is 16.9 Å². The van der Waals surface area contributed by atoms with Crippen molar-refractivity contribution in [3.63, 3.8) is 0 Å². The van der Waals surface area contributed by atoms with Crippen LogP contribution in [-0.2, 0) is 0 Å². The minimum Gasteiger partial charge on any atom is -0.398 e. The van der Waals surface area contributed by atoms with Gasteiger partial charge in [-0.25, -0.2) is 4.98 Å². The maximum absolute atomic E-state index is 6.38. The molecule has 2 aromatic heterocycles. The van der Waals surface area contributed by atoms with Crippen molar-refractivity contribution in [2.24, 2.45) is 0 Å². The summed E-state index contributed by atoms with van der Waals surface area (Å²) in [6.07, 6.45) is 0. The largest absolute Gasteiger partial charge is 0.398 e. The topological polar surface area (TPSA) is 43.8 Å². The number of rotatable bonds is 2. The second-order valence-electron chi connectivity index (χ2n) is 7.50. The first-order valence-electron chi connectivity index (χ1n) is 10.0. The van der Waals surface area contributed by atoms with E-state index in [1.54, 1.807) is 0 Å². The van der Waals surface area contributed by atoms with Crippen LogP contribution >= 0.6 is 0 Å². The Morgan fingerprint density at radius 1 is 0.600 bits per heavy atom. The van der Waals surface area contributed by atoms with Crippen LogP contribution in [0.25, 0.3) is 49.7 Å². The molecule has 2 N–H and O–H groups in total. The molecule has 0 aliphatic carbocycles. The van der Waals surface area contributed by atoms with E-state index < -0.39 is 0 Å². The van der Waals surface area contributed by atoms with E-state index in [0.29, 0.717) is 0 Å². The Balaban J connectivity index is 1.78. The van der Waals surface area contributed by atoms with Crippen LogP contribution in [0.1, 0.15) is 0 Å². The van der Waals surface area contributed by atoms with Crippen LogP contribution in [0.4, 0.5) is 5.69 Å². The molecule has 0 saturated heterocycles. The SMILES string of the molecule is Nc1ccccc1-c1cccc2c3ccccc3n(-c3ccc4ccccc4n3)c12. The molecule has 4 aromatic carbocycles. The molecular formula is C27H19N3. The molecular weight excluding hydrogens is 366 g/mol. The van der Waals surface area contributed by atoms with E-state index in [0.717, 1.165) is 44.6 Å². The average molecular weight is 385 g/mol. The molecule has 0 spiro atoms. The Morgan fingerprint density at radius 2 is 1.33 bits per heavy atom. The minimum absolute atomic E-state index is 0.772. The number of nitrogens with two attached hydrogens (primary N) is 1. The van der Waals surface area contributed by atoms with Crippen LogP contribution in [0.2, 0.25) is 0 Å². The fraction of sp³-hybridized carbons (Fsp3) is 0. The van der Waals surface area contributed by atoms with Gasteiger partial charge >= 0.3 is 0 Å². The van der Waals surface area contributed by atoms with Gasteiger partial charge in [0.25, 0.3) is 0 Å². The third kappa shape index (κ3) is 2.42. The molecule has 3 heteroatoms. The lowest BCUT2D eigenvalue weighted by Gasteiger charge is -2.13. The molecule has 0 fully saturated rings. The number of aromatic nitrogens is 2. The van der Waals surface area contributed by atoms with Crippen LogP contribution in [0, 0.1) is 0 Å². The highest BCUT2D eigenvalue weighted by molar-refractivity contribution is 6.14.